The summed E-state index contributed by atoms with van der Waals surface area (Å²) in [5, 5.41) is 3.29. The molecule has 0 heterocycles. The second-order valence-electron chi connectivity index (χ2n) is 5.11. The Hall–Kier alpha value is -0.340. The molecule has 0 aliphatic rings. The maximum absolute atomic E-state index is 3.85. The van der Waals surface area contributed by atoms with Crippen LogP contribution in [0.3, 0.4) is 0 Å². The lowest BCUT2D eigenvalue weighted by atomic mass is 10.00. The molecule has 0 aromatic heterocycles. The first-order chi connectivity index (χ1) is 6.97. The van der Waals surface area contributed by atoms with Crippen molar-refractivity contribution in [3.05, 3.63) is 12.7 Å². The molecule has 0 spiro atoms. The fourth-order valence-corrected chi connectivity index (χ4v) is 2.05. The Morgan fingerprint density at radius 1 is 1.40 bits per heavy atom. The average Bonchev–Trinajstić information content (AvgIpc) is 2.12. The predicted molar refractivity (Wildman–Crippen MR) is 69.3 cm³/mol. The highest BCUT2D eigenvalue weighted by Crippen LogP contribution is 2.19. The Labute approximate surface area is 95.7 Å². The van der Waals surface area contributed by atoms with E-state index >= 15 is 0 Å². The highest BCUT2D eigenvalue weighted by Gasteiger charge is 2.26. The summed E-state index contributed by atoms with van der Waals surface area (Å²) in [6.45, 7) is 14.9. The highest BCUT2D eigenvalue weighted by atomic mass is 15.2. The lowest BCUT2D eigenvalue weighted by molar-refractivity contribution is 0.0908. The molecule has 0 radical (unpaired) electrons. The first-order valence-corrected chi connectivity index (χ1v) is 5.99. The molecular formula is C13H28N2. The molecular weight excluding hydrogens is 184 g/mol. The van der Waals surface area contributed by atoms with Crippen molar-refractivity contribution < 1.29 is 0 Å². The van der Waals surface area contributed by atoms with Gasteiger partial charge in [0, 0.05) is 24.7 Å². The maximum atomic E-state index is 3.85. The van der Waals surface area contributed by atoms with Gasteiger partial charge in [-0.2, -0.15) is 0 Å². The Morgan fingerprint density at radius 3 is 2.33 bits per heavy atom. The van der Waals surface area contributed by atoms with Crippen LogP contribution in [0.5, 0.6) is 0 Å². The van der Waals surface area contributed by atoms with Gasteiger partial charge in [0.25, 0.3) is 0 Å². The van der Waals surface area contributed by atoms with Gasteiger partial charge in [0.15, 0.2) is 0 Å². The molecule has 0 aliphatic carbocycles. The van der Waals surface area contributed by atoms with Crippen molar-refractivity contribution in [2.75, 3.05) is 20.1 Å². The third-order valence-corrected chi connectivity index (χ3v) is 2.69. The van der Waals surface area contributed by atoms with E-state index in [0.717, 1.165) is 13.1 Å². The van der Waals surface area contributed by atoms with E-state index in [2.05, 4.69) is 44.5 Å². The topological polar surface area (TPSA) is 15.3 Å². The van der Waals surface area contributed by atoms with Crippen LogP contribution in [0.2, 0.25) is 0 Å². The molecule has 2 heteroatoms. The molecule has 0 aromatic carbocycles. The molecule has 0 aromatic rings. The molecule has 0 fully saturated rings. The summed E-state index contributed by atoms with van der Waals surface area (Å²) in [7, 11) is 2.03. The third kappa shape index (κ3) is 5.33. The van der Waals surface area contributed by atoms with Crippen molar-refractivity contribution in [3.8, 4) is 0 Å². The van der Waals surface area contributed by atoms with Crippen LogP contribution >= 0.6 is 0 Å². The Balaban J connectivity index is 4.58. The van der Waals surface area contributed by atoms with Crippen LogP contribution in [0.15, 0.2) is 12.7 Å². The van der Waals surface area contributed by atoms with Gasteiger partial charge in [-0.25, -0.2) is 0 Å². The van der Waals surface area contributed by atoms with Crippen LogP contribution in [0.25, 0.3) is 0 Å². The molecule has 1 atom stereocenters. The number of hydrogen-bond donors (Lipinski definition) is 1. The van der Waals surface area contributed by atoms with E-state index in [0.29, 0.717) is 6.04 Å². The Morgan fingerprint density at radius 2 is 2.00 bits per heavy atom. The Bertz CT molecular complexity index is 164. The quantitative estimate of drug-likeness (QED) is 0.653. The van der Waals surface area contributed by atoms with Crippen LogP contribution in [0.4, 0.5) is 0 Å². The number of likely N-dealkylation sites (N-methyl/N-ethyl adjacent to an activating group) is 1. The Kier molecular flexibility index (Phi) is 6.86. The van der Waals surface area contributed by atoms with Crippen LogP contribution in [-0.2, 0) is 0 Å². The minimum atomic E-state index is 0.213. The zero-order valence-electron chi connectivity index (χ0n) is 11.1. The van der Waals surface area contributed by atoms with E-state index in [1.54, 1.807) is 0 Å². The van der Waals surface area contributed by atoms with Gasteiger partial charge < -0.3 is 5.32 Å². The van der Waals surface area contributed by atoms with Gasteiger partial charge in [0.2, 0.25) is 0 Å². The summed E-state index contributed by atoms with van der Waals surface area (Å²) < 4.78 is 0. The smallest absolute Gasteiger partial charge is 0.0228 e. The lowest BCUT2D eigenvalue weighted by Crippen LogP contribution is -2.51. The molecule has 0 aliphatic heterocycles. The fourth-order valence-electron chi connectivity index (χ4n) is 2.05. The molecule has 0 amide bonds. The van der Waals surface area contributed by atoms with Crippen LogP contribution in [-0.4, -0.2) is 36.6 Å². The predicted octanol–water partition coefficient (Wildman–Crippen LogP) is 2.66. The first kappa shape index (κ1) is 14.7. The summed E-state index contributed by atoms with van der Waals surface area (Å²) in [5.41, 5.74) is 0.213. The normalized spacial score (nSPS) is 14.3. The van der Waals surface area contributed by atoms with Crippen LogP contribution in [0.1, 0.15) is 40.5 Å². The number of rotatable bonds is 7. The molecule has 1 N–H and O–H groups in total. The van der Waals surface area contributed by atoms with E-state index in [-0.39, 0.29) is 5.54 Å². The maximum Gasteiger partial charge on any atom is 0.0228 e. The van der Waals surface area contributed by atoms with E-state index in [4.69, 9.17) is 0 Å². The van der Waals surface area contributed by atoms with Crippen molar-refractivity contribution >= 4 is 0 Å². The van der Waals surface area contributed by atoms with E-state index in [9.17, 15) is 0 Å². The highest BCUT2D eigenvalue weighted by molar-refractivity contribution is 4.88. The SMILES string of the molecule is C=CCN(C(CCC)CNC)C(C)(C)C. The summed E-state index contributed by atoms with van der Waals surface area (Å²) >= 11 is 0. The zero-order valence-corrected chi connectivity index (χ0v) is 11.1. The average molecular weight is 212 g/mol. The van der Waals surface area contributed by atoms with Crippen molar-refractivity contribution in [1.29, 1.82) is 0 Å². The van der Waals surface area contributed by atoms with Gasteiger partial charge in [0.1, 0.15) is 0 Å². The van der Waals surface area contributed by atoms with E-state index < -0.39 is 0 Å². The fraction of sp³-hybridized carbons (Fsp3) is 0.846. The second-order valence-corrected chi connectivity index (χ2v) is 5.11. The summed E-state index contributed by atoms with van der Waals surface area (Å²) in [5.74, 6) is 0. The summed E-state index contributed by atoms with van der Waals surface area (Å²) in [6.07, 6.45) is 4.48. The lowest BCUT2D eigenvalue weighted by Gasteiger charge is -2.41. The summed E-state index contributed by atoms with van der Waals surface area (Å²) in [4.78, 5) is 2.53. The third-order valence-electron chi connectivity index (χ3n) is 2.69. The standard InChI is InChI=1S/C13H28N2/c1-7-9-12(11-14-6)15(10-8-2)13(3,4)5/h8,12,14H,2,7,9-11H2,1,3-6H3. The van der Waals surface area contributed by atoms with Gasteiger partial charge >= 0.3 is 0 Å². The monoisotopic (exact) mass is 212 g/mol. The molecule has 2 nitrogen and oxygen atoms in total. The van der Waals surface area contributed by atoms with Gasteiger partial charge in [-0.05, 0) is 34.2 Å². The molecule has 15 heavy (non-hydrogen) atoms. The number of nitrogens with one attached hydrogen (secondary N) is 1. The minimum Gasteiger partial charge on any atom is -0.318 e. The second kappa shape index (κ2) is 7.02. The van der Waals surface area contributed by atoms with Crippen LogP contribution < -0.4 is 5.32 Å². The van der Waals surface area contributed by atoms with Crippen molar-refractivity contribution in [2.45, 2.75) is 52.1 Å². The zero-order chi connectivity index (χ0) is 11.9. The summed E-state index contributed by atoms with van der Waals surface area (Å²) in [6, 6.07) is 0.609. The molecule has 0 saturated carbocycles. The van der Waals surface area contributed by atoms with Gasteiger partial charge in [0.05, 0.1) is 0 Å². The van der Waals surface area contributed by atoms with Crippen molar-refractivity contribution in [2.24, 2.45) is 0 Å². The first-order valence-electron chi connectivity index (χ1n) is 5.99. The molecule has 0 bridgehead atoms. The van der Waals surface area contributed by atoms with Crippen molar-refractivity contribution in [1.82, 2.24) is 10.2 Å². The van der Waals surface area contributed by atoms with Gasteiger partial charge in [-0.3, -0.25) is 4.90 Å². The van der Waals surface area contributed by atoms with Gasteiger partial charge in [-0.1, -0.05) is 19.4 Å². The molecule has 0 saturated heterocycles. The molecule has 1 unspecified atom stereocenters. The minimum absolute atomic E-state index is 0.213. The van der Waals surface area contributed by atoms with Crippen LogP contribution in [0, 0.1) is 0 Å². The van der Waals surface area contributed by atoms with Crippen molar-refractivity contribution in [3.63, 3.8) is 0 Å². The largest absolute Gasteiger partial charge is 0.318 e. The number of hydrogen-bond acceptors (Lipinski definition) is 2. The molecule has 0 rings (SSSR count). The number of nitrogens with zero attached hydrogens (tertiary/aromatic N) is 1. The molecule has 90 valence electrons. The van der Waals surface area contributed by atoms with Gasteiger partial charge in [-0.15, -0.1) is 6.58 Å². The van der Waals surface area contributed by atoms with E-state index in [1.807, 2.05) is 13.1 Å². The van der Waals surface area contributed by atoms with E-state index in [1.165, 1.54) is 12.8 Å².